The number of aromatic nitrogens is 2. The number of thiocarbonyl (C=S) groups is 1. The zero-order valence-corrected chi connectivity index (χ0v) is 22.3. The van der Waals surface area contributed by atoms with Crippen molar-refractivity contribution in [2.24, 2.45) is 5.92 Å². The molecule has 36 heavy (non-hydrogen) atoms. The summed E-state index contributed by atoms with van der Waals surface area (Å²) < 4.78 is 2.13. The first kappa shape index (κ1) is 24.7. The van der Waals surface area contributed by atoms with E-state index in [0.29, 0.717) is 38.7 Å². The van der Waals surface area contributed by atoms with Gasteiger partial charge in [0, 0.05) is 25.8 Å². The van der Waals surface area contributed by atoms with Crippen molar-refractivity contribution in [3.8, 4) is 0 Å². The Labute approximate surface area is 221 Å². The summed E-state index contributed by atoms with van der Waals surface area (Å²) in [6, 6.07) is 14.4. The second-order valence-corrected chi connectivity index (χ2v) is 11.2. The van der Waals surface area contributed by atoms with Crippen molar-refractivity contribution in [2.45, 2.75) is 39.5 Å². The molecule has 1 amide bonds. The summed E-state index contributed by atoms with van der Waals surface area (Å²) in [6.45, 7) is 6.21. The maximum Gasteiger partial charge on any atom is 0.267 e. The molecule has 0 unspecified atom stereocenters. The van der Waals surface area contributed by atoms with E-state index in [-0.39, 0.29) is 11.5 Å². The maximum atomic E-state index is 13.7. The van der Waals surface area contributed by atoms with Crippen molar-refractivity contribution < 1.29 is 4.79 Å². The van der Waals surface area contributed by atoms with Gasteiger partial charge >= 0.3 is 0 Å². The van der Waals surface area contributed by atoms with Crippen LogP contribution in [0.15, 0.2) is 58.4 Å². The van der Waals surface area contributed by atoms with Crippen LogP contribution in [0.5, 0.6) is 0 Å². The van der Waals surface area contributed by atoms with Crippen molar-refractivity contribution >= 4 is 51.7 Å². The first-order valence-corrected chi connectivity index (χ1v) is 13.7. The molecule has 3 aromatic rings. The van der Waals surface area contributed by atoms with Crippen LogP contribution in [-0.4, -0.2) is 44.1 Å². The largest absolute Gasteiger partial charge is 0.356 e. The highest BCUT2D eigenvalue weighted by Crippen LogP contribution is 2.34. The fourth-order valence-electron chi connectivity index (χ4n) is 5.01. The monoisotopic (exact) mass is 518 g/mol. The van der Waals surface area contributed by atoms with Gasteiger partial charge in [-0.2, -0.15) is 0 Å². The van der Waals surface area contributed by atoms with E-state index in [1.165, 1.54) is 17.3 Å². The van der Waals surface area contributed by atoms with Gasteiger partial charge in [-0.1, -0.05) is 67.3 Å². The van der Waals surface area contributed by atoms with E-state index in [1.807, 2.05) is 26.0 Å². The van der Waals surface area contributed by atoms with Gasteiger partial charge in [-0.3, -0.25) is 18.9 Å². The number of pyridine rings is 1. The molecule has 2 fully saturated rings. The molecule has 2 aliphatic heterocycles. The highest BCUT2D eigenvalue weighted by molar-refractivity contribution is 8.26. The van der Waals surface area contributed by atoms with Crippen LogP contribution < -0.4 is 10.5 Å². The first-order chi connectivity index (χ1) is 17.5. The predicted molar refractivity (Wildman–Crippen MR) is 151 cm³/mol. The molecule has 4 heterocycles. The normalized spacial score (nSPS) is 18.1. The summed E-state index contributed by atoms with van der Waals surface area (Å²) in [4.78, 5) is 36.1. The van der Waals surface area contributed by atoms with Gasteiger partial charge in [0.2, 0.25) is 0 Å². The third-order valence-electron chi connectivity index (χ3n) is 6.94. The summed E-state index contributed by atoms with van der Waals surface area (Å²) >= 11 is 6.71. The fraction of sp³-hybridized carbons (Fsp3) is 0.357. The Morgan fingerprint density at radius 1 is 1.11 bits per heavy atom. The van der Waals surface area contributed by atoms with Crippen LogP contribution in [0, 0.1) is 12.8 Å². The Kier molecular flexibility index (Phi) is 7.25. The van der Waals surface area contributed by atoms with Crippen LogP contribution in [0.2, 0.25) is 0 Å². The van der Waals surface area contributed by atoms with E-state index in [4.69, 9.17) is 17.2 Å². The van der Waals surface area contributed by atoms with Gasteiger partial charge in [0.25, 0.3) is 11.5 Å². The third-order valence-corrected chi connectivity index (χ3v) is 8.32. The average Bonchev–Trinajstić information content (AvgIpc) is 3.15. The summed E-state index contributed by atoms with van der Waals surface area (Å²) in [6.07, 6.45) is 7.40. The summed E-state index contributed by atoms with van der Waals surface area (Å²) in [7, 11) is 0. The molecule has 6 nitrogen and oxygen atoms in total. The minimum absolute atomic E-state index is 0.131. The summed E-state index contributed by atoms with van der Waals surface area (Å²) in [5.74, 6) is 1.13. The molecule has 8 heteroatoms. The molecule has 0 spiro atoms. The van der Waals surface area contributed by atoms with Crippen molar-refractivity contribution in [3.05, 3.63) is 80.6 Å². The van der Waals surface area contributed by atoms with E-state index in [1.54, 1.807) is 21.6 Å². The van der Waals surface area contributed by atoms with Crippen LogP contribution >= 0.6 is 24.0 Å². The Morgan fingerprint density at radius 3 is 2.58 bits per heavy atom. The Morgan fingerprint density at radius 2 is 1.86 bits per heavy atom. The van der Waals surface area contributed by atoms with Gasteiger partial charge in [-0.15, -0.1) is 0 Å². The van der Waals surface area contributed by atoms with Crippen molar-refractivity contribution in [3.63, 3.8) is 0 Å². The number of piperidine rings is 1. The second kappa shape index (κ2) is 10.6. The quantitative estimate of drug-likeness (QED) is 0.335. The number of benzene rings is 1. The van der Waals surface area contributed by atoms with E-state index < -0.39 is 0 Å². The number of nitrogens with zero attached hydrogens (tertiary/aromatic N) is 4. The maximum absolute atomic E-state index is 13.7. The molecule has 2 saturated heterocycles. The number of carbonyl (C=O) groups is 1. The molecule has 2 aliphatic rings. The highest BCUT2D eigenvalue weighted by Gasteiger charge is 2.32. The van der Waals surface area contributed by atoms with Crippen molar-refractivity contribution in [2.75, 3.05) is 24.5 Å². The smallest absolute Gasteiger partial charge is 0.267 e. The van der Waals surface area contributed by atoms with Gasteiger partial charge in [0.1, 0.15) is 15.8 Å². The van der Waals surface area contributed by atoms with Gasteiger partial charge in [0.15, 0.2) is 0 Å². The average molecular weight is 519 g/mol. The molecular weight excluding hydrogens is 488 g/mol. The lowest BCUT2D eigenvalue weighted by Gasteiger charge is -2.33. The molecule has 0 radical (unpaired) electrons. The molecule has 2 aromatic heterocycles. The van der Waals surface area contributed by atoms with E-state index in [0.717, 1.165) is 44.3 Å². The SMILES string of the molecule is CCCN1C(=O)/C(=C/c2c(N3CCC(Cc4ccccc4)CC3)nc3c(C)cccn3c2=O)SC1=S. The van der Waals surface area contributed by atoms with Gasteiger partial charge in [-0.05, 0) is 61.8 Å². The minimum Gasteiger partial charge on any atom is -0.356 e. The standard InChI is InChI=1S/C28H30N4O2S2/c1-3-13-32-27(34)23(36-28(32)35)18-22-25(29-24-19(2)8-7-14-31(24)26(22)33)30-15-11-21(12-16-30)17-20-9-5-4-6-10-20/h4-10,14,18,21H,3,11-13,15-17H2,1-2H3/b23-18-. The highest BCUT2D eigenvalue weighted by atomic mass is 32.2. The molecule has 5 rings (SSSR count). The van der Waals surface area contributed by atoms with Crippen LogP contribution in [0.1, 0.15) is 42.9 Å². The number of rotatable bonds is 6. The Hall–Kier alpha value is -2.97. The number of hydrogen-bond donors (Lipinski definition) is 0. The van der Waals surface area contributed by atoms with Gasteiger partial charge in [-0.25, -0.2) is 4.98 Å². The number of anilines is 1. The van der Waals surface area contributed by atoms with Crippen LogP contribution in [0.25, 0.3) is 11.7 Å². The van der Waals surface area contributed by atoms with E-state index in [9.17, 15) is 9.59 Å². The summed E-state index contributed by atoms with van der Waals surface area (Å²) in [5, 5.41) is 0. The van der Waals surface area contributed by atoms with Crippen LogP contribution in [-0.2, 0) is 11.2 Å². The number of thioether (sulfide) groups is 1. The number of amides is 1. The zero-order valence-electron chi connectivity index (χ0n) is 20.6. The molecular formula is C28H30N4O2S2. The number of aryl methyl sites for hydroxylation is 1. The van der Waals surface area contributed by atoms with Gasteiger partial charge < -0.3 is 4.90 Å². The lowest BCUT2D eigenvalue weighted by atomic mass is 9.90. The molecule has 1 aromatic carbocycles. The molecule has 0 bridgehead atoms. The third kappa shape index (κ3) is 4.84. The number of hydrogen-bond acceptors (Lipinski definition) is 6. The van der Waals surface area contributed by atoms with E-state index in [2.05, 4.69) is 35.2 Å². The first-order valence-electron chi connectivity index (χ1n) is 12.5. The van der Waals surface area contributed by atoms with Crippen molar-refractivity contribution in [1.29, 1.82) is 0 Å². The molecule has 0 N–H and O–H groups in total. The molecule has 0 atom stereocenters. The molecule has 0 saturated carbocycles. The lowest BCUT2D eigenvalue weighted by molar-refractivity contribution is -0.122. The van der Waals surface area contributed by atoms with E-state index >= 15 is 0 Å². The number of carbonyl (C=O) groups excluding carboxylic acids is 1. The molecule has 186 valence electrons. The summed E-state index contributed by atoms with van der Waals surface area (Å²) in [5.41, 5.74) is 3.25. The van der Waals surface area contributed by atoms with Crippen LogP contribution in [0.4, 0.5) is 5.82 Å². The predicted octanol–water partition coefficient (Wildman–Crippen LogP) is 5.07. The molecule has 0 aliphatic carbocycles. The lowest BCUT2D eigenvalue weighted by Crippen LogP contribution is -2.37. The second-order valence-electron chi connectivity index (χ2n) is 9.49. The topological polar surface area (TPSA) is 57.9 Å². The van der Waals surface area contributed by atoms with Gasteiger partial charge in [0.05, 0.1) is 10.5 Å². The van der Waals surface area contributed by atoms with Crippen molar-refractivity contribution in [1.82, 2.24) is 14.3 Å². The fourth-order valence-corrected chi connectivity index (χ4v) is 6.30. The Bertz CT molecular complexity index is 1390. The Balaban J connectivity index is 1.50. The van der Waals surface area contributed by atoms with Crippen LogP contribution in [0.3, 0.4) is 0 Å². The number of fused-ring (bicyclic) bond motifs is 1. The zero-order chi connectivity index (χ0) is 25.2. The minimum atomic E-state index is -0.161.